The van der Waals surface area contributed by atoms with Gasteiger partial charge in [-0.3, -0.25) is 9.98 Å². The Hall–Kier alpha value is -3.02. The van der Waals surface area contributed by atoms with E-state index in [1.807, 2.05) is 0 Å². The van der Waals surface area contributed by atoms with Crippen LogP contribution in [0.1, 0.15) is 25.7 Å². The number of rotatable bonds is 9. The van der Waals surface area contributed by atoms with Gasteiger partial charge in [-0.2, -0.15) is 9.98 Å². The molecule has 0 bridgehead atoms. The van der Waals surface area contributed by atoms with E-state index in [9.17, 15) is 0 Å². The molecule has 0 heterocycles. The van der Waals surface area contributed by atoms with Gasteiger partial charge in [-0.15, -0.1) is 0 Å². The molecular formula is C22H30BrCl2N10-. The highest BCUT2D eigenvalue weighted by Gasteiger charge is 1.99. The number of nitrogens with zero attached hydrogens (tertiary/aromatic N) is 4. The molecule has 0 unspecified atom stereocenters. The minimum Gasteiger partial charge on any atom is -1.00 e. The normalized spacial score (nSPS) is 12.7. The van der Waals surface area contributed by atoms with Crippen molar-refractivity contribution in [3.05, 3.63) is 58.6 Å². The third-order valence-electron chi connectivity index (χ3n) is 4.32. The van der Waals surface area contributed by atoms with Crippen LogP contribution in [-0.4, -0.2) is 36.9 Å². The van der Waals surface area contributed by atoms with Crippen molar-refractivity contribution in [3.8, 4) is 0 Å². The van der Waals surface area contributed by atoms with E-state index in [1.165, 1.54) is 0 Å². The zero-order valence-corrected chi connectivity index (χ0v) is 22.2. The van der Waals surface area contributed by atoms with E-state index >= 15 is 0 Å². The second-order valence-electron chi connectivity index (χ2n) is 7.15. The maximum absolute atomic E-state index is 5.85. The van der Waals surface area contributed by atoms with Crippen LogP contribution in [0.15, 0.2) is 68.5 Å². The summed E-state index contributed by atoms with van der Waals surface area (Å²) in [5.41, 5.74) is 24.8. The minimum atomic E-state index is 0. The number of anilines is 2. The van der Waals surface area contributed by atoms with Crippen molar-refractivity contribution < 1.29 is 17.0 Å². The summed E-state index contributed by atoms with van der Waals surface area (Å²) in [5, 5.41) is 7.11. The summed E-state index contributed by atoms with van der Waals surface area (Å²) >= 11 is 11.7. The highest BCUT2D eigenvalue weighted by molar-refractivity contribution is 6.31. The molecule has 10 nitrogen and oxygen atoms in total. The molecule has 0 aliphatic rings. The molecule has 35 heavy (non-hydrogen) atoms. The molecule has 2 aromatic rings. The van der Waals surface area contributed by atoms with E-state index in [-0.39, 0.29) is 40.8 Å². The van der Waals surface area contributed by atoms with Gasteiger partial charge < -0.3 is 50.5 Å². The van der Waals surface area contributed by atoms with E-state index in [1.54, 1.807) is 48.5 Å². The molecule has 0 aliphatic carbocycles. The van der Waals surface area contributed by atoms with Crippen LogP contribution >= 0.6 is 23.2 Å². The Balaban J connectivity index is 0.00000612. The summed E-state index contributed by atoms with van der Waals surface area (Å²) in [6.07, 6.45) is 3.68. The predicted molar refractivity (Wildman–Crippen MR) is 145 cm³/mol. The van der Waals surface area contributed by atoms with E-state index < -0.39 is 0 Å². The zero-order chi connectivity index (χ0) is 24.8. The Morgan fingerprint density at radius 3 is 1.29 bits per heavy atom. The molecule has 0 saturated carbocycles. The lowest BCUT2D eigenvalue weighted by Crippen LogP contribution is -3.00. The van der Waals surface area contributed by atoms with Gasteiger partial charge in [0.15, 0.2) is 0 Å². The quantitative estimate of drug-likeness (QED) is 0.140. The van der Waals surface area contributed by atoms with E-state index in [0.29, 0.717) is 23.1 Å². The Morgan fingerprint density at radius 2 is 0.943 bits per heavy atom. The smallest absolute Gasteiger partial charge is 0.218 e. The zero-order valence-electron chi connectivity index (χ0n) is 19.1. The maximum Gasteiger partial charge on any atom is 0.218 e. The SMILES string of the molecule is NC(=NCCCCCCN=C(N)/N=C(\N)Nc1ccc(Cl)cc1)/N=C(\N)Nc1ccc(Cl)cc1.[Br-]. The molecule has 0 spiro atoms. The predicted octanol–water partition coefficient (Wildman–Crippen LogP) is 0.341. The first-order valence-corrected chi connectivity index (χ1v) is 11.4. The first-order valence-electron chi connectivity index (χ1n) is 10.6. The summed E-state index contributed by atoms with van der Waals surface area (Å²) in [4.78, 5) is 16.5. The highest BCUT2D eigenvalue weighted by Crippen LogP contribution is 2.13. The van der Waals surface area contributed by atoms with Crippen LogP contribution in [0, 0.1) is 0 Å². The highest BCUT2D eigenvalue weighted by atomic mass is 79.9. The number of aliphatic imine (C=N–C) groups is 4. The minimum absolute atomic E-state index is 0. The largest absolute Gasteiger partial charge is 1.00 e. The van der Waals surface area contributed by atoms with Crippen LogP contribution < -0.4 is 50.5 Å². The molecule has 10 N–H and O–H groups in total. The Labute approximate surface area is 225 Å². The van der Waals surface area contributed by atoms with Crippen LogP contribution in [0.5, 0.6) is 0 Å². The van der Waals surface area contributed by atoms with Gasteiger partial charge in [-0.1, -0.05) is 36.0 Å². The molecule has 0 radical (unpaired) electrons. The van der Waals surface area contributed by atoms with Crippen LogP contribution in [0.2, 0.25) is 10.0 Å². The first-order chi connectivity index (χ1) is 16.3. The average molecular weight is 585 g/mol. The van der Waals surface area contributed by atoms with Gasteiger partial charge in [-0.25, -0.2) is 0 Å². The number of hydrogen-bond donors (Lipinski definition) is 6. The Morgan fingerprint density at radius 1 is 0.600 bits per heavy atom. The van der Waals surface area contributed by atoms with Crippen molar-refractivity contribution in [2.45, 2.75) is 25.7 Å². The summed E-state index contributed by atoms with van der Waals surface area (Å²) < 4.78 is 0. The van der Waals surface area contributed by atoms with E-state index in [0.717, 1.165) is 37.1 Å². The number of unbranched alkanes of at least 4 members (excludes halogenated alkanes) is 3. The second kappa shape index (κ2) is 16.6. The van der Waals surface area contributed by atoms with Crippen molar-refractivity contribution in [3.63, 3.8) is 0 Å². The van der Waals surface area contributed by atoms with Crippen LogP contribution in [0.3, 0.4) is 0 Å². The number of guanidine groups is 4. The molecule has 0 aliphatic heterocycles. The lowest BCUT2D eigenvalue weighted by molar-refractivity contribution is -0.00000757. The molecule has 13 heteroatoms. The number of hydrogen-bond acceptors (Lipinski definition) is 2. The number of nitrogens with one attached hydrogen (secondary N) is 2. The third-order valence-corrected chi connectivity index (χ3v) is 4.82. The van der Waals surface area contributed by atoms with Crippen molar-refractivity contribution in [1.82, 2.24) is 0 Å². The van der Waals surface area contributed by atoms with Crippen LogP contribution in [0.25, 0.3) is 0 Å². The first kappa shape index (κ1) is 30.0. The van der Waals surface area contributed by atoms with Crippen LogP contribution in [-0.2, 0) is 0 Å². The monoisotopic (exact) mass is 583 g/mol. The maximum atomic E-state index is 5.85. The van der Waals surface area contributed by atoms with Crippen LogP contribution in [0.4, 0.5) is 11.4 Å². The second-order valence-corrected chi connectivity index (χ2v) is 8.02. The molecule has 0 amide bonds. The number of halogens is 3. The van der Waals surface area contributed by atoms with E-state index in [4.69, 9.17) is 46.1 Å². The summed E-state index contributed by atoms with van der Waals surface area (Å²) in [6.45, 7) is 1.12. The lowest BCUT2D eigenvalue weighted by atomic mass is 10.2. The van der Waals surface area contributed by atoms with Gasteiger partial charge in [0, 0.05) is 34.5 Å². The number of nitrogens with two attached hydrogens (primary N) is 4. The Bertz CT molecular complexity index is 938. The van der Waals surface area contributed by atoms with Gasteiger partial charge in [0.05, 0.1) is 0 Å². The molecule has 190 valence electrons. The molecule has 2 aromatic carbocycles. The third kappa shape index (κ3) is 13.5. The fraction of sp³-hybridized carbons (Fsp3) is 0.273. The van der Waals surface area contributed by atoms with Crippen molar-refractivity contribution >= 4 is 58.4 Å². The summed E-state index contributed by atoms with van der Waals surface area (Å²) in [5.74, 6) is 0.564. The molecule has 0 fully saturated rings. The Kier molecular flexibility index (Phi) is 14.2. The van der Waals surface area contributed by atoms with Gasteiger partial charge in [0.25, 0.3) is 0 Å². The van der Waals surface area contributed by atoms with Gasteiger partial charge in [0.1, 0.15) is 0 Å². The fourth-order valence-electron chi connectivity index (χ4n) is 2.70. The summed E-state index contributed by atoms with van der Waals surface area (Å²) in [6, 6.07) is 14.1. The fourth-order valence-corrected chi connectivity index (χ4v) is 2.95. The standard InChI is InChI=1S/C22H30Cl2N10.BrH/c23-15-5-9-17(10-6-15)31-21(27)33-19(25)29-13-3-1-2-4-14-30-20(26)34-22(28)32-18-11-7-16(24)8-12-18;/h5-12H,1-4,13-14H2,(H5,25,27,29,31,33)(H5,26,28,30,32,34);1H/p-1. The van der Waals surface area contributed by atoms with Crippen molar-refractivity contribution in [1.29, 1.82) is 0 Å². The lowest BCUT2D eigenvalue weighted by Gasteiger charge is -2.05. The summed E-state index contributed by atoms with van der Waals surface area (Å²) in [7, 11) is 0. The average Bonchev–Trinajstić information content (AvgIpc) is 2.78. The molecule has 0 saturated heterocycles. The molecule has 2 rings (SSSR count). The van der Waals surface area contributed by atoms with Gasteiger partial charge in [-0.05, 0) is 61.4 Å². The van der Waals surface area contributed by atoms with Crippen molar-refractivity contribution in [2.24, 2.45) is 42.9 Å². The van der Waals surface area contributed by atoms with Gasteiger partial charge >= 0.3 is 0 Å². The van der Waals surface area contributed by atoms with Crippen molar-refractivity contribution in [2.75, 3.05) is 23.7 Å². The molecule has 0 atom stereocenters. The molecular weight excluding hydrogens is 555 g/mol. The number of benzene rings is 2. The molecule has 0 aromatic heterocycles. The van der Waals surface area contributed by atoms with E-state index in [2.05, 4.69) is 30.6 Å². The van der Waals surface area contributed by atoms with Gasteiger partial charge in [0.2, 0.25) is 23.8 Å². The topological polar surface area (TPSA) is 178 Å².